The Morgan fingerprint density at radius 3 is 2.69 bits per heavy atom. The molecule has 1 aromatic rings. The molecule has 1 aliphatic heterocycles. The maximum atomic E-state index is 5.60. The predicted octanol–water partition coefficient (Wildman–Crippen LogP) is 1.88. The second-order valence-electron chi connectivity index (χ2n) is 3.68. The van der Waals surface area contributed by atoms with Crippen molar-refractivity contribution in [2.75, 3.05) is 19.7 Å². The van der Waals surface area contributed by atoms with Crippen LogP contribution in [-0.2, 0) is 0 Å². The molecule has 0 saturated carbocycles. The zero-order valence-corrected chi connectivity index (χ0v) is 11.8. The molecular formula is C10H15ClIN3O. The minimum Gasteiger partial charge on any atom is -0.476 e. The summed E-state index contributed by atoms with van der Waals surface area (Å²) in [4.78, 5) is 8.28. The number of halogens is 2. The Labute approximate surface area is 115 Å². The average Bonchev–Trinajstić information content (AvgIpc) is 2.30. The Hall–Kier alpha value is -0.140. The van der Waals surface area contributed by atoms with Crippen LogP contribution in [0.15, 0.2) is 12.4 Å². The van der Waals surface area contributed by atoms with E-state index in [4.69, 9.17) is 4.74 Å². The van der Waals surface area contributed by atoms with Gasteiger partial charge in [0.15, 0.2) is 0 Å². The second kappa shape index (κ2) is 7.24. The highest BCUT2D eigenvalue weighted by Gasteiger charge is 2.13. The van der Waals surface area contributed by atoms with E-state index in [9.17, 15) is 0 Å². The third-order valence-electron chi connectivity index (χ3n) is 2.52. The monoisotopic (exact) mass is 355 g/mol. The zero-order chi connectivity index (χ0) is 10.5. The van der Waals surface area contributed by atoms with Crippen LogP contribution in [0.25, 0.3) is 0 Å². The molecule has 4 nitrogen and oxygen atoms in total. The first-order chi connectivity index (χ1) is 7.34. The van der Waals surface area contributed by atoms with Gasteiger partial charge in [-0.15, -0.1) is 12.4 Å². The molecule has 0 aromatic carbocycles. The van der Waals surface area contributed by atoms with Crippen molar-refractivity contribution in [2.24, 2.45) is 5.92 Å². The van der Waals surface area contributed by atoms with Gasteiger partial charge in [-0.3, -0.25) is 0 Å². The summed E-state index contributed by atoms with van der Waals surface area (Å²) in [5.74, 6) is 1.29. The minimum atomic E-state index is 0. The van der Waals surface area contributed by atoms with Crippen LogP contribution in [-0.4, -0.2) is 29.7 Å². The van der Waals surface area contributed by atoms with Gasteiger partial charge in [0.2, 0.25) is 5.88 Å². The molecule has 0 spiro atoms. The number of hydrogen-bond donors (Lipinski definition) is 1. The van der Waals surface area contributed by atoms with Gasteiger partial charge in [-0.05, 0) is 54.4 Å². The van der Waals surface area contributed by atoms with Crippen LogP contribution in [0.2, 0.25) is 0 Å². The van der Waals surface area contributed by atoms with Gasteiger partial charge in [0.25, 0.3) is 0 Å². The lowest BCUT2D eigenvalue weighted by molar-refractivity contribution is 0.208. The molecule has 1 fully saturated rings. The quantitative estimate of drug-likeness (QED) is 0.841. The van der Waals surface area contributed by atoms with Crippen LogP contribution in [0.3, 0.4) is 0 Å². The smallest absolute Gasteiger partial charge is 0.232 e. The molecule has 2 heterocycles. The summed E-state index contributed by atoms with van der Waals surface area (Å²) >= 11 is 2.13. The fourth-order valence-corrected chi connectivity index (χ4v) is 1.91. The Bertz CT molecular complexity index is 303. The second-order valence-corrected chi connectivity index (χ2v) is 4.79. The molecule has 1 aliphatic rings. The first kappa shape index (κ1) is 13.9. The Balaban J connectivity index is 0.00000128. The number of aromatic nitrogens is 2. The maximum absolute atomic E-state index is 5.60. The predicted molar refractivity (Wildman–Crippen MR) is 73.1 cm³/mol. The van der Waals surface area contributed by atoms with Gasteiger partial charge in [-0.25, -0.2) is 9.97 Å². The van der Waals surface area contributed by atoms with E-state index >= 15 is 0 Å². The maximum Gasteiger partial charge on any atom is 0.232 e. The average molecular weight is 356 g/mol. The largest absolute Gasteiger partial charge is 0.476 e. The molecule has 0 radical (unpaired) electrons. The summed E-state index contributed by atoms with van der Waals surface area (Å²) in [6, 6.07) is 0. The van der Waals surface area contributed by atoms with Gasteiger partial charge in [0, 0.05) is 0 Å². The molecule has 0 unspecified atom stereocenters. The van der Waals surface area contributed by atoms with Crippen LogP contribution in [0.4, 0.5) is 0 Å². The van der Waals surface area contributed by atoms with Crippen molar-refractivity contribution >= 4 is 35.0 Å². The highest BCUT2D eigenvalue weighted by molar-refractivity contribution is 14.1. The SMILES string of the molecule is Cl.Ic1cnc(OCC2CCNCC2)cn1. The molecule has 0 amide bonds. The van der Waals surface area contributed by atoms with E-state index < -0.39 is 0 Å². The molecular weight excluding hydrogens is 340 g/mol. The minimum absolute atomic E-state index is 0. The summed E-state index contributed by atoms with van der Waals surface area (Å²) in [6.45, 7) is 2.97. The molecule has 0 aliphatic carbocycles. The topological polar surface area (TPSA) is 47.0 Å². The summed E-state index contributed by atoms with van der Waals surface area (Å²) in [5.41, 5.74) is 0. The number of hydrogen-bond acceptors (Lipinski definition) is 4. The van der Waals surface area contributed by atoms with Gasteiger partial charge in [0.1, 0.15) is 3.70 Å². The third kappa shape index (κ3) is 4.39. The number of nitrogens with one attached hydrogen (secondary N) is 1. The molecule has 1 N–H and O–H groups in total. The van der Waals surface area contributed by atoms with Crippen molar-refractivity contribution in [3.8, 4) is 5.88 Å². The first-order valence-corrected chi connectivity index (χ1v) is 6.23. The fourth-order valence-electron chi connectivity index (χ4n) is 1.63. The lowest BCUT2D eigenvalue weighted by Gasteiger charge is -2.22. The molecule has 16 heavy (non-hydrogen) atoms. The molecule has 1 aromatic heterocycles. The van der Waals surface area contributed by atoms with Crippen molar-refractivity contribution in [3.63, 3.8) is 0 Å². The van der Waals surface area contributed by atoms with Crippen LogP contribution in [0.5, 0.6) is 5.88 Å². The summed E-state index contributed by atoms with van der Waals surface area (Å²) in [6.07, 6.45) is 5.79. The molecule has 1 saturated heterocycles. The normalized spacial score (nSPS) is 16.6. The van der Waals surface area contributed by atoms with Crippen molar-refractivity contribution in [1.29, 1.82) is 0 Å². The number of rotatable bonds is 3. The summed E-state index contributed by atoms with van der Waals surface area (Å²) < 4.78 is 6.49. The molecule has 90 valence electrons. The van der Waals surface area contributed by atoms with Gasteiger partial charge < -0.3 is 10.1 Å². The number of piperidine rings is 1. The van der Waals surface area contributed by atoms with E-state index in [0.29, 0.717) is 11.8 Å². The van der Waals surface area contributed by atoms with Gasteiger partial charge >= 0.3 is 0 Å². The number of nitrogens with zero attached hydrogens (tertiary/aromatic N) is 2. The van der Waals surface area contributed by atoms with E-state index in [1.807, 2.05) is 0 Å². The van der Waals surface area contributed by atoms with Gasteiger partial charge in [0.05, 0.1) is 19.0 Å². The molecule has 6 heteroatoms. The van der Waals surface area contributed by atoms with Crippen LogP contribution >= 0.6 is 35.0 Å². The lowest BCUT2D eigenvalue weighted by atomic mass is 9.99. The van der Waals surface area contributed by atoms with E-state index in [0.717, 1.165) is 23.4 Å². The van der Waals surface area contributed by atoms with E-state index in [1.54, 1.807) is 12.4 Å². The zero-order valence-electron chi connectivity index (χ0n) is 8.86. The van der Waals surface area contributed by atoms with Crippen LogP contribution < -0.4 is 10.1 Å². The molecule has 2 rings (SSSR count). The number of ether oxygens (including phenoxy) is 1. The Kier molecular flexibility index (Phi) is 6.30. The van der Waals surface area contributed by atoms with Crippen molar-refractivity contribution in [2.45, 2.75) is 12.8 Å². The summed E-state index contributed by atoms with van der Waals surface area (Å²) in [7, 11) is 0. The summed E-state index contributed by atoms with van der Waals surface area (Å²) in [5, 5.41) is 3.34. The van der Waals surface area contributed by atoms with E-state index in [2.05, 4.69) is 37.9 Å². The standard InChI is InChI=1S/C10H14IN3O.ClH/c11-9-5-14-10(6-13-9)15-7-8-1-3-12-4-2-8;/h5-6,8,12H,1-4,7H2;1H. The molecule has 0 atom stereocenters. The Morgan fingerprint density at radius 2 is 2.06 bits per heavy atom. The highest BCUT2D eigenvalue weighted by Crippen LogP contribution is 2.13. The van der Waals surface area contributed by atoms with Crippen LogP contribution in [0.1, 0.15) is 12.8 Å². The van der Waals surface area contributed by atoms with Crippen LogP contribution in [0, 0.1) is 9.62 Å². The van der Waals surface area contributed by atoms with Gasteiger partial charge in [-0.1, -0.05) is 0 Å². The fraction of sp³-hybridized carbons (Fsp3) is 0.600. The molecule has 0 bridgehead atoms. The third-order valence-corrected chi connectivity index (χ3v) is 3.08. The first-order valence-electron chi connectivity index (χ1n) is 5.15. The van der Waals surface area contributed by atoms with Gasteiger partial charge in [-0.2, -0.15) is 0 Å². The Morgan fingerprint density at radius 1 is 1.31 bits per heavy atom. The van der Waals surface area contributed by atoms with Crippen molar-refractivity contribution < 1.29 is 4.74 Å². The van der Waals surface area contributed by atoms with Crippen molar-refractivity contribution in [1.82, 2.24) is 15.3 Å². The van der Waals surface area contributed by atoms with E-state index in [-0.39, 0.29) is 12.4 Å². The van der Waals surface area contributed by atoms with E-state index in [1.165, 1.54) is 12.8 Å². The highest BCUT2D eigenvalue weighted by atomic mass is 127. The lowest BCUT2D eigenvalue weighted by Crippen LogP contribution is -2.30. The van der Waals surface area contributed by atoms with Crippen molar-refractivity contribution in [3.05, 3.63) is 16.1 Å².